The number of aromatic nitrogens is 5. The summed E-state index contributed by atoms with van der Waals surface area (Å²) in [6, 6.07) is 18.3. The molecule has 3 N–H and O–H groups in total. The molecule has 0 radical (unpaired) electrons. The van der Waals surface area contributed by atoms with Crippen molar-refractivity contribution in [2.45, 2.75) is 98.5 Å². The van der Waals surface area contributed by atoms with Crippen molar-refractivity contribution in [3.8, 4) is 26.6 Å². The van der Waals surface area contributed by atoms with Gasteiger partial charge >= 0.3 is 11.9 Å². The minimum absolute atomic E-state index is 0.00143. The van der Waals surface area contributed by atoms with Crippen molar-refractivity contribution in [2.75, 3.05) is 13.7 Å². The lowest BCUT2D eigenvalue weighted by Gasteiger charge is -2.35. The van der Waals surface area contributed by atoms with Gasteiger partial charge in [0.25, 0.3) is 5.89 Å². The van der Waals surface area contributed by atoms with E-state index in [0.29, 0.717) is 22.7 Å². The van der Waals surface area contributed by atoms with Gasteiger partial charge in [0, 0.05) is 29.0 Å². The van der Waals surface area contributed by atoms with Crippen molar-refractivity contribution in [1.29, 1.82) is 0 Å². The highest BCUT2D eigenvalue weighted by molar-refractivity contribution is 7.15. The highest BCUT2D eigenvalue weighted by Crippen LogP contribution is 2.40. The average Bonchev–Trinajstić information content (AvgIpc) is 4.16. The molecule has 1 unspecified atom stereocenters. The number of nitrogens with one attached hydrogen (secondary N) is 2. The molecule has 18 heteroatoms. The molecule has 356 valence electrons. The molecule has 1 fully saturated rings. The van der Waals surface area contributed by atoms with E-state index in [4.69, 9.17) is 14.1 Å². The van der Waals surface area contributed by atoms with Crippen LogP contribution in [0.4, 0.5) is 0 Å². The number of thiophene rings is 1. The van der Waals surface area contributed by atoms with Crippen LogP contribution in [0.1, 0.15) is 108 Å². The Hall–Kier alpha value is -6.89. The van der Waals surface area contributed by atoms with Gasteiger partial charge in [0.2, 0.25) is 11.8 Å². The number of nitrogens with zero attached hydrogens (tertiary/aromatic N) is 7. The van der Waals surface area contributed by atoms with E-state index in [1.807, 2.05) is 112 Å². The summed E-state index contributed by atoms with van der Waals surface area (Å²) in [6.45, 7) is 15.3. The number of carbonyl (C=O) groups is 4. The van der Waals surface area contributed by atoms with Gasteiger partial charge in [-0.1, -0.05) is 75.4 Å². The number of likely N-dealkylation sites (tertiary alicyclic amines) is 1. The zero-order valence-electron chi connectivity index (χ0n) is 39.8. The number of fused-ring (bicyclic) bond motifs is 4. The largest absolute Gasteiger partial charge is 0.469 e. The maximum Gasteiger partial charge on any atom is 0.308 e. The molecule has 3 aromatic carbocycles. The highest BCUT2D eigenvalue weighted by atomic mass is 32.1. The molecule has 0 bridgehead atoms. The zero-order chi connectivity index (χ0) is 49.1. The van der Waals surface area contributed by atoms with Crippen LogP contribution in [0.2, 0.25) is 0 Å². The van der Waals surface area contributed by atoms with E-state index in [1.54, 1.807) is 28.7 Å². The molecule has 4 aromatic heterocycles. The van der Waals surface area contributed by atoms with Crippen LogP contribution < -0.4 is 10.6 Å². The minimum Gasteiger partial charge on any atom is -0.469 e. The maximum atomic E-state index is 14.4. The van der Waals surface area contributed by atoms with E-state index < -0.39 is 53.3 Å². The van der Waals surface area contributed by atoms with Gasteiger partial charge in [0.1, 0.15) is 34.5 Å². The Morgan fingerprint density at radius 3 is 2.30 bits per heavy atom. The number of β-amino-alcohol motifs (C(OH)–C–C–N with tert-alkyl or cyclic N) is 1. The Labute approximate surface area is 406 Å². The number of aliphatic imine (C=N–C) groups is 1. The summed E-state index contributed by atoms with van der Waals surface area (Å²) in [5.74, 6) is -0.949. The van der Waals surface area contributed by atoms with Crippen LogP contribution in [-0.4, -0.2) is 96.0 Å². The van der Waals surface area contributed by atoms with Gasteiger partial charge in [-0.25, -0.2) is 9.97 Å². The first kappa shape index (κ1) is 47.2. The molecule has 16 nitrogen and oxygen atoms in total. The number of hydrogen-bond donors (Lipinski definition) is 3. The SMILES string of the molecule is COC(=O)C[C@@H]1N=C(c2ccc(-c3ccc4oc(C(=O)NC(C(=O)N5C[C@H](O)C[C@H]5C(=O)N[C@@H](C)c5ccc(-c6scnc6C)cc5)C(C)(C)C)nc4c3)cc2)c2c(sc(C)c2C)-n2c(C)nnc21. The Kier molecular flexibility index (Phi) is 12.7. The number of benzene rings is 3. The number of hydrogen-bond acceptors (Lipinski definition) is 14. The summed E-state index contributed by atoms with van der Waals surface area (Å²) < 4.78 is 13.0. The normalized spacial score (nSPS) is 17.7. The highest BCUT2D eigenvalue weighted by Gasteiger charge is 2.45. The Morgan fingerprint density at radius 2 is 1.62 bits per heavy atom. The van der Waals surface area contributed by atoms with E-state index in [9.17, 15) is 24.3 Å². The molecule has 69 heavy (non-hydrogen) atoms. The van der Waals surface area contributed by atoms with Gasteiger partial charge in [0.15, 0.2) is 11.4 Å². The maximum absolute atomic E-state index is 14.4. The second kappa shape index (κ2) is 18.5. The number of esters is 1. The van der Waals surface area contributed by atoms with Crippen molar-refractivity contribution in [3.63, 3.8) is 0 Å². The van der Waals surface area contributed by atoms with Crippen molar-refractivity contribution < 1.29 is 33.4 Å². The fourth-order valence-electron chi connectivity index (χ4n) is 9.00. The number of carbonyl (C=O) groups excluding carboxylic acids is 4. The predicted molar refractivity (Wildman–Crippen MR) is 264 cm³/mol. The van der Waals surface area contributed by atoms with Crippen molar-refractivity contribution in [3.05, 3.63) is 123 Å². The van der Waals surface area contributed by atoms with E-state index in [0.717, 1.165) is 65.1 Å². The van der Waals surface area contributed by atoms with Crippen molar-refractivity contribution in [1.82, 2.24) is 40.3 Å². The summed E-state index contributed by atoms with van der Waals surface area (Å²) in [6.07, 6.45) is -0.867. The van der Waals surface area contributed by atoms with E-state index in [-0.39, 0.29) is 31.3 Å². The first-order valence-electron chi connectivity index (χ1n) is 22.7. The number of amides is 3. The summed E-state index contributed by atoms with van der Waals surface area (Å²) in [5, 5.41) is 26.4. The van der Waals surface area contributed by atoms with Gasteiger partial charge in [-0.3, -0.25) is 28.7 Å². The van der Waals surface area contributed by atoms with Gasteiger partial charge < -0.3 is 29.8 Å². The van der Waals surface area contributed by atoms with E-state index in [1.165, 1.54) is 12.0 Å². The number of thiazole rings is 1. The third-order valence-corrected chi connectivity index (χ3v) is 15.1. The number of rotatable bonds is 11. The molecule has 2 aliphatic rings. The molecule has 2 aliphatic heterocycles. The molecular weight excluding hydrogens is 915 g/mol. The van der Waals surface area contributed by atoms with Gasteiger partial charge in [-0.05, 0) is 80.0 Å². The molecule has 1 saturated heterocycles. The quantitative estimate of drug-likeness (QED) is 0.106. The predicted octanol–water partition coefficient (Wildman–Crippen LogP) is 7.93. The first-order valence-corrected chi connectivity index (χ1v) is 24.4. The van der Waals surface area contributed by atoms with Gasteiger partial charge in [0.05, 0.1) is 47.5 Å². The number of aryl methyl sites for hydroxylation is 3. The smallest absolute Gasteiger partial charge is 0.308 e. The molecule has 0 spiro atoms. The first-order chi connectivity index (χ1) is 32.9. The van der Waals surface area contributed by atoms with E-state index in [2.05, 4.69) is 44.6 Å². The van der Waals surface area contributed by atoms with Crippen LogP contribution in [0.15, 0.2) is 81.7 Å². The topological polar surface area (TPSA) is 207 Å². The third-order valence-electron chi connectivity index (χ3n) is 12.9. The summed E-state index contributed by atoms with van der Waals surface area (Å²) in [7, 11) is 1.36. The molecule has 3 amide bonds. The minimum atomic E-state index is -1.09. The molecule has 6 heterocycles. The lowest BCUT2D eigenvalue weighted by atomic mass is 9.85. The lowest BCUT2D eigenvalue weighted by molar-refractivity contribution is -0.142. The average molecular weight is 968 g/mol. The molecule has 0 saturated carbocycles. The number of oxazole rings is 1. The van der Waals surface area contributed by atoms with Crippen molar-refractivity contribution >= 4 is 63.2 Å². The van der Waals surface area contributed by atoms with Crippen LogP contribution in [0.25, 0.3) is 37.7 Å². The molecular formula is C51H53N9O7S2. The van der Waals surface area contributed by atoms with Crippen molar-refractivity contribution in [2.24, 2.45) is 10.4 Å². The van der Waals surface area contributed by atoms with Gasteiger partial charge in [-0.2, -0.15) is 0 Å². The Balaban J connectivity index is 0.914. The fraction of sp³-hybridized carbons (Fsp3) is 0.353. The fourth-order valence-corrected chi connectivity index (χ4v) is 11.0. The Bertz CT molecular complexity index is 3160. The van der Waals surface area contributed by atoms with Crippen LogP contribution in [-0.2, 0) is 19.1 Å². The van der Waals surface area contributed by atoms with Crippen LogP contribution in [0, 0.1) is 33.1 Å². The second-order valence-electron chi connectivity index (χ2n) is 18.7. The monoisotopic (exact) mass is 967 g/mol. The van der Waals surface area contributed by atoms with Crippen LogP contribution in [0.5, 0.6) is 0 Å². The number of aliphatic hydroxyl groups is 1. The number of ether oxygens (including phenoxy) is 1. The Morgan fingerprint density at radius 1 is 0.928 bits per heavy atom. The lowest BCUT2D eigenvalue weighted by Crippen LogP contribution is -2.57. The summed E-state index contributed by atoms with van der Waals surface area (Å²) >= 11 is 3.20. The van der Waals surface area contributed by atoms with Crippen LogP contribution >= 0.6 is 22.7 Å². The summed E-state index contributed by atoms with van der Waals surface area (Å²) in [5.41, 5.74) is 10.0. The number of aliphatic hydroxyl groups excluding tert-OH is 1. The van der Waals surface area contributed by atoms with Crippen LogP contribution in [0.3, 0.4) is 0 Å². The molecule has 0 aliphatic carbocycles. The zero-order valence-corrected chi connectivity index (χ0v) is 41.4. The molecule has 5 atom stereocenters. The van der Waals surface area contributed by atoms with E-state index >= 15 is 0 Å². The third kappa shape index (κ3) is 9.11. The number of methoxy groups -OCH3 is 1. The second-order valence-corrected chi connectivity index (χ2v) is 20.8. The van der Waals surface area contributed by atoms with Gasteiger partial charge in [-0.15, -0.1) is 32.9 Å². The summed E-state index contributed by atoms with van der Waals surface area (Å²) in [4.78, 5) is 72.4. The standard InChI is InChI=1S/C51H53N9O7S2/c1-25-28(4)69-50-41(25)42(54-37(22-40(62)66-9)45-58-57-29(5)60(45)50)32-14-12-31(13-15-32)34-18-19-39-36(20-34)55-48(67-39)47(64)56-44(51(6,7)8)49(65)59-23-35(61)21-38(59)46(63)53-26(2)30-10-16-33(17-11-30)43-27(3)52-24-68-43/h10-20,24,26,35,37-38,44,61H,21-23H2,1-9H3,(H,53,63)(H,56,64)/t26-,35+,37-,38-,44?/m0/s1. The molecule has 9 rings (SSSR count). The molecule has 7 aromatic rings.